The number of nitrogens with two attached hydrogens (primary N) is 1. The van der Waals surface area contributed by atoms with Gasteiger partial charge in [0.25, 0.3) is 0 Å². The lowest BCUT2D eigenvalue weighted by molar-refractivity contribution is 0.0601. The second-order valence-corrected chi connectivity index (χ2v) is 2.96. The van der Waals surface area contributed by atoms with Gasteiger partial charge < -0.3 is 10.5 Å². The van der Waals surface area contributed by atoms with Crippen LogP contribution in [0.1, 0.15) is 10.4 Å². The Morgan fingerprint density at radius 3 is 2.77 bits per heavy atom. The number of halogens is 2. The molecule has 70 valence electrons. The predicted molar refractivity (Wildman–Crippen MR) is 50.0 cm³/mol. The van der Waals surface area contributed by atoms with Crippen molar-refractivity contribution in [1.29, 1.82) is 0 Å². The fourth-order valence-electron chi connectivity index (χ4n) is 0.770. The van der Waals surface area contributed by atoms with E-state index < -0.39 is 5.97 Å². The first kappa shape index (κ1) is 10.1. The molecule has 4 nitrogen and oxygen atoms in total. The van der Waals surface area contributed by atoms with Gasteiger partial charge >= 0.3 is 5.97 Å². The average Bonchev–Trinajstić information content (AvgIpc) is 2.12. The lowest BCUT2D eigenvalue weighted by atomic mass is 10.2. The monoisotopic (exact) mass is 220 g/mol. The largest absolute Gasteiger partial charge is 0.465 e. The Balaban J connectivity index is 3.33. The van der Waals surface area contributed by atoms with E-state index >= 15 is 0 Å². The minimum Gasteiger partial charge on any atom is -0.465 e. The predicted octanol–water partition coefficient (Wildman–Crippen LogP) is 1.76. The number of nitrogens with zero attached hydrogens (tertiary/aromatic N) is 1. The van der Waals surface area contributed by atoms with Gasteiger partial charge in [-0.3, -0.25) is 0 Å². The van der Waals surface area contributed by atoms with E-state index in [-0.39, 0.29) is 21.4 Å². The molecule has 0 unspecified atom stereocenters. The maximum Gasteiger partial charge on any atom is 0.341 e. The zero-order valence-electron chi connectivity index (χ0n) is 6.67. The molecule has 13 heavy (non-hydrogen) atoms. The highest BCUT2D eigenvalue weighted by Crippen LogP contribution is 2.28. The quantitative estimate of drug-likeness (QED) is 0.733. The molecule has 1 heterocycles. The summed E-state index contributed by atoms with van der Waals surface area (Å²) < 4.78 is 4.46. The molecule has 2 N–H and O–H groups in total. The van der Waals surface area contributed by atoms with Crippen molar-refractivity contribution in [2.24, 2.45) is 0 Å². The molecule has 0 aliphatic heterocycles. The fourth-order valence-corrected chi connectivity index (χ4v) is 1.27. The van der Waals surface area contributed by atoms with Crippen LogP contribution < -0.4 is 5.73 Å². The Bertz CT molecular complexity index is 355. The van der Waals surface area contributed by atoms with E-state index in [4.69, 9.17) is 28.9 Å². The molecular weight excluding hydrogens is 215 g/mol. The highest BCUT2D eigenvalue weighted by Gasteiger charge is 2.17. The van der Waals surface area contributed by atoms with Crippen LogP contribution in [0.2, 0.25) is 10.0 Å². The van der Waals surface area contributed by atoms with Crippen molar-refractivity contribution in [2.45, 2.75) is 0 Å². The first-order valence-corrected chi connectivity index (χ1v) is 4.01. The van der Waals surface area contributed by atoms with Gasteiger partial charge in [0.2, 0.25) is 0 Å². The van der Waals surface area contributed by atoms with Gasteiger partial charge in [0.1, 0.15) is 11.4 Å². The first-order chi connectivity index (χ1) is 6.07. The number of carbonyl (C=O) groups excluding carboxylic acids is 1. The summed E-state index contributed by atoms with van der Waals surface area (Å²) in [6.07, 6.45) is 1.25. The average molecular weight is 221 g/mol. The van der Waals surface area contributed by atoms with Crippen molar-refractivity contribution in [2.75, 3.05) is 12.8 Å². The first-order valence-electron chi connectivity index (χ1n) is 3.25. The Morgan fingerprint density at radius 1 is 1.62 bits per heavy atom. The molecule has 0 spiro atoms. The molecule has 0 saturated carbocycles. The van der Waals surface area contributed by atoms with Crippen LogP contribution in [0.4, 0.5) is 5.82 Å². The lowest BCUT2D eigenvalue weighted by Gasteiger charge is -2.05. The van der Waals surface area contributed by atoms with E-state index in [0.717, 1.165) is 0 Å². The van der Waals surface area contributed by atoms with Gasteiger partial charge in [0, 0.05) is 6.20 Å². The molecule has 0 amide bonds. The summed E-state index contributed by atoms with van der Waals surface area (Å²) in [6.45, 7) is 0. The van der Waals surface area contributed by atoms with Gasteiger partial charge in [-0.25, -0.2) is 9.78 Å². The highest BCUT2D eigenvalue weighted by molar-refractivity contribution is 6.40. The van der Waals surface area contributed by atoms with Crippen LogP contribution in [-0.2, 0) is 4.74 Å². The number of esters is 1. The summed E-state index contributed by atoms with van der Waals surface area (Å²) in [4.78, 5) is 14.8. The minimum atomic E-state index is -0.635. The third-order valence-corrected chi connectivity index (χ3v) is 2.06. The standard InChI is InChI=1S/C7H6Cl2N2O2/c1-13-7(12)4-3(8)2-11-6(10)5(4)9/h2H,1H3,(H2,10,11). The normalized spacial score (nSPS) is 9.77. The highest BCUT2D eigenvalue weighted by atomic mass is 35.5. The number of aromatic nitrogens is 1. The minimum absolute atomic E-state index is 0.0133. The second kappa shape index (κ2) is 3.81. The van der Waals surface area contributed by atoms with E-state index in [9.17, 15) is 4.79 Å². The number of rotatable bonds is 1. The zero-order chi connectivity index (χ0) is 10.0. The summed E-state index contributed by atoms with van der Waals surface area (Å²) >= 11 is 11.4. The number of carbonyl (C=O) groups is 1. The molecule has 1 aromatic rings. The van der Waals surface area contributed by atoms with Crippen LogP contribution in [-0.4, -0.2) is 18.1 Å². The summed E-state index contributed by atoms with van der Waals surface area (Å²) in [5.74, 6) is -0.587. The van der Waals surface area contributed by atoms with Gasteiger partial charge in [-0.2, -0.15) is 0 Å². The van der Waals surface area contributed by atoms with Crippen LogP contribution >= 0.6 is 23.2 Å². The molecule has 0 bridgehead atoms. The summed E-state index contributed by atoms with van der Waals surface area (Å²) in [5, 5.41) is 0.130. The van der Waals surface area contributed by atoms with Crippen molar-refractivity contribution in [1.82, 2.24) is 4.98 Å². The van der Waals surface area contributed by atoms with E-state index in [1.165, 1.54) is 13.3 Å². The SMILES string of the molecule is COC(=O)c1c(Cl)cnc(N)c1Cl. The number of pyridine rings is 1. The van der Waals surface area contributed by atoms with Crippen LogP contribution in [0.3, 0.4) is 0 Å². The Labute approximate surface area is 84.6 Å². The van der Waals surface area contributed by atoms with Crippen LogP contribution in [0, 0.1) is 0 Å². The van der Waals surface area contributed by atoms with Crippen molar-refractivity contribution in [3.05, 3.63) is 21.8 Å². The maximum atomic E-state index is 11.1. The molecule has 0 atom stereocenters. The number of methoxy groups -OCH3 is 1. The van der Waals surface area contributed by atoms with Crippen molar-refractivity contribution in [3.8, 4) is 0 Å². The summed E-state index contributed by atoms with van der Waals surface area (Å²) in [6, 6.07) is 0. The smallest absolute Gasteiger partial charge is 0.341 e. The maximum absolute atomic E-state index is 11.1. The van der Waals surface area contributed by atoms with Crippen LogP contribution in [0.25, 0.3) is 0 Å². The third-order valence-electron chi connectivity index (χ3n) is 1.39. The molecule has 0 aromatic carbocycles. The zero-order valence-corrected chi connectivity index (χ0v) is 8.19. The molecule has 0 aliphatic rings. The van der Waals surface area contributed by atoms with Gasteiger partial charge in [-0.05, 0) is 0 Å². The van der Waals surface area contributed by atoms with Crippen LogP contribution in [0.5, 0.6) is 0 Å². The number of hydrogen-bond donors (Lipinski definition) is 1. The summed E-state index contributed by atoms with van der Waals surface area (Å²) in [5.41, 5.74) is 5.41. The second-order valence-electron chi connectivity index (χ2n) is 2.17. The van der Waals surface area contributed by atoms with Gasteiger partial charge in [0.15, 0.2) is 0 Å². The third kappa shape index (κ3) is 1.84. The Kier molecular flexibility index (Phi) is 2.95. The number of anilines is 1. The van der Waals surface area contributed by atoms with E-state index in [0.29, 0.717) is 0 Å². The molecule has 0 aliphatic carbocycles. The molecule has 1 aromatic heterocycles. The lowest BCUT2D eigenvalue weighted by Crippen LogP contribution is -2.06. The van der Waals surface area contributed by atoms with Crippen molar-refractivity contribution < 1.29 is 9.53 Å². The molecule has 0 fully saturated rings. The Hall–Kier alpha value is -1.00. The van der Waals surface area contributed by atoms with E-state index in [1.807, 2.05) is 0 Å². The number of ether oxygens (including phenoxy) is 1. The molecule has 0 radical (unpaired) electrons. The molecule has 6 heteroatoms. The van der Waals surface area contributed by atoms with Crippen LogP contribution in [0.15, 0.2) is 6.20 Å². The van der Waals surface area contributed by atoms with Gasteiger partial charge in [0.05, 0.1) is 17.2 Å². The fraction of sp³-hybridized carbons (Fsp3) is 0.143. The van der Waals surface area contributed by atoms with Crippen molar-refractivity contribution in [3.63, 3.8) is 0 Å². The Morgan fingerprint density at radius 2 is 2.23 bits per heavy atom. The van der Waals surface area contributed by atoms with Gasteiger partial charge in [-0.15, -0.1) is 0 Å². The molecular formula is C7H6Cl2N2O2. The summed E-state index contributed by atoms with van der Waals surface area (Å²) in [7, 11) is 1.23. The van der Waals surface area contributed by atoms with Crippen molar-refractivity contribution >= 4 is 35.0 Å². The molecule has 0 saturated heterocycles. The number of hydrogen-bond acceptors (Lipinski definition) is 4. The van der Waals surface area contributed by atoms with Gasteiger partial charge in [-0.1, -0.05) is 23.2 Å². The van der Waals surface area contributed by atoms with E-state index in [1.54, 1.807) is 0 Å². The topological polar surface area (TPSA) is 65.2 Å². The molecule has 1 rings (SSSR count). The van der Waals surface area contributed by atoms with E-state index in [2.05, 4.69) is 9.72 Å². The number of nitrogen functional groups attached to an aromatic ring is 1.